The fourth-order valence-electron chi connectivity index (χ4n) is 1.12. The number of hydrazone groups is 1. The van der Waals surface area contributed by atoms with E-state index in [4.69, 9.17) is 21.7 Å². The van der Waals surface area contributed by atoms with Crippen LogP contribution in [0.1, 0.15) is 5.56 Å². The highest BCUT2D eigenvalue weighted by molar-refractivity contribution is 9.10. The first kappa shape index (κ1) is 12.4. The Balaban J connectivity index is 3.11. The maximum absolute atomic E-state index is 5.32. The molecule has 0 amide bonds. The summed E-state index contributed by atoms with van der Waals surface area (Å²) in [6.07, 6.45) is 6.63. The average Bonchev–Trinajstić information content (AvgIpc) is 2.29. The molecule has 4 nitrogen and oxygen atoms in total. The number of terminal acetylenes is 1. The van der Waals surface area contributed by atoms with Crippen molar-refractivity contribution in [3.05, 3.63) is 22.2 Å². The predicted octanol–water partition coefficient (Wildman–Crippen LogP) is 1.76. The Hall–Kier alpha value is -1.67. The van der Waals surface area contributed by atoms with Crippen molar-refractivity contribution in [2.45, 2.75) is 0 Å². The normalized spacial score (nSPS) is 10.1. The third-order valence-corrected chi connectivity index (χ3v) is 2.49. The molecule has 0 radical (unpaired) electrons. The standard InChI is InChI=1S/C11H11BrN2O2/c1-3-4-16-11-6-9(12)8(7-14-13)5-10(11)15-2/h1,5-7H,4,13H2,2H3. The van der Waals surface area contributed by atoms with Crippen LogP contribution in [0.4, 0.5) is 0 Å². The number of nitrogens with zero attached hydrogens (tertiary/aromatic N) is 1. The Labute approximate surface area is 103 Å². The molecular formula is C11H11BrN2O2. The second kappa shape index (κ2) is 6.03. The highest BCUT2D eigenvalue weighted by atomic mass is 79.9. The van der Waals surface area contributed by atoms with Gasteiger partial charge in [-0.3, -0.25) is 0 Å². The lowest BCUT2D eigenvalue weighted by Gasteiger charge is -2.10. The summed E-state index contributed by atoms with van der Waals surface area (Å²) in [7, 11) is 1.55. The van der Waals surface area contributed by atoms with Crippen molar-refractivity contribution in [1.29, 1.82) is 0 Å². The fourth-order valence-corrected chi connectivity index (χ4v) is 1.55. The summed E-state index contributed by atoms with van der Waals surface area (Å²) in [6, 6.07) is 3.51. The molecule has 0 fully saturated rings. The maximum Gasteiger partial charge on any atom is 0.163 e. The second-order valence-corrected chi connectivity index (χ2v) is 3.65. The Morgan fingerprint density at radius 1 is 1.56 bits per heavy atom. The van der Waals surface area contributed by atoms with Gasteiger partial charge in [-0.15, -0.1) is 6.42 Å². The van der Waals surface area contributed by atoms with Crippen LogP contribution in [-0.2, 0) is 0 Å². The van der Waals surface area contributed by atoms with Crippen LogP contribution in [0.5, 0.6) is 11.5 Å². The molecule has 0 aliphatic heterocycles. The number of benzene rings is 1. The third-order valence-electron chi connectivity index (χ3n) is 1.81. The molecule has 5 heteroatoms. The van der Waals surface area contributed by atoms with E-state index < -0.39 is 0 Å². The van der Waals surface area contributed by atoms with Gasteiger partial charge in [-0.25, -0.2) is 0 Å². The van der Waals surface area contributed by atoms with Gasteiger partial charge in [0.1, 0.15) is 6.61 Å². The lowest BCUT2D eigenvalue weighted by Crippen LogP contribution is -1.98. The summed E-state index contributed by atoms with van der Waals surface area (Å²) in [5.41, 5.74) is 0.799. The number of hydrogen-bond donors (Lipinski definition) is 1. The minimum Gasteiger partial charge on any atom is -0.493 e. The molecule has 84 valence electrons. The molecule has 0 aliphatic rings. The van der Waals surface area contributed by atoms with E-state index >= 15 is 0 Å². The van der Waals surface area contributed by atoms with Gasteiger partial charge in [0.25, 0.3) is 0 Å². The van der Waals surface area contributed by atoms with Crippen LogP contribution in [0.15, 0.2) is 21.7 Å². The number of methoxy groups -OCH3 is 1. The fraction of sp³-hybridized carbons (Fsp3) is 0.182. The van der Waals surface area contributed by atoms with Gasteiger partial charge in [0.05, 0.1) is 13.3 Å². The van der Waals surface area contributed by atoms with E-state index in [0.29, 0.717) is 11.5 Å². The molecule has 1 aromatic rings. The lowest BCUT2D eigenvalue weighted by atomic mass is 10.2. The average molecular weight is 283 g/mol. The van der Waals surface area contributed by atoms with Gasteiger partial charge in [-0.2, -0.15) is 5.10 Å². The first-order valence-corrected chi connectivity index (χ1v) is 5.19. The zero-order chi connectivity index (χ0) is 12.0. The second-order valence-electron chi connectivity index (χ2n) is 2.80. The van der Waals surface area contributed by atoms with Crippen LogP contribution in [0.3, 0.4) is 0 Å². The predicted molar refractivity (Wildman–Crippen MR) is 66.8 cm³/mol. The summed E-state index contributed by atoms with van der Waals surface area (Å²) < 4.78 is 11.3. The molecule has 0 heterocycles. The quantitative estimate of drug-likeness (QED) is 0.396. The molecule has 16 heavy (non-hydrogen) atoms. The van der Waals surface area contributed by atoms with E-state index in [9.17, 15) is 0 Å². The Bertz CT molecular complexity index is 438. The summed E-state index contributed by atoms with van der Waals surface area (Å²) in [4.78, 5) is 0. The summed E-state index contributed by atoms with van der Waals surface area (Å²) in [5, 5.41) is 3.45. The van der Waals surface area contributed by atoms with Crippen molar-refractivity contribution in [2.75, 3.05) is 13.7 Å². The Morgan fingerprint density at radius 3 is 2.88 bits per heavy atom. The zero-order valence-corrected chi connectivity index (χ0v) is 10.3. The molecular weight excluding hydrogens is 272 g/mol. The SMILES string of the molecule is C#CCOc1cc(Br)c(C=NN)cc1OC. The molecule has 0 atom stereocenters. The Morgan fingerprint density at radius 2 is 2.31 bits per heavy atom. The van der Waals surface area contributed by atoms with Crippen LogP contribution < -0.4 is 15.3 Å². The van der Waals surface area contributed by atoms with E-state index in [0.717, 1.165) is 10.0 Å². The molecule has 0 bridgehead atoms. The largest absolute Gasteiger partial charge is 0.493 e. The van der Waals surface area contributed by atoms with Crippen molar-refractivity contribution in [1.82, 2.24) is 0 Å². The van der Waals surface area contributed by atoms with Crippen molar-refractivity contribution in [3.8, 4) is 23.8 Å². The molecule has 0 aromatic heterocycles. The van der Waals surface area contributed by atoms with Crippen LogP contribution in [0.2, 0.25) is 0 Å². The monoisotopic (exact) mass is 282 g/mol. The third kappa shape index (κ3) is 2.91. The van der Waals surface area contributed by atoms with Gasteiger partial charge in [0.2, 0.25) is 0 Å². The van der Waals surface area contributed by atoms with E-state index in [-0.39, 0.29) is 6.61 Å². The van der Waals surface area contributed by atoms with E-state index in [1.165, 1.54) is 6.21 Å². The number of rotatable bonds is 4. The maximum atomic E-state index is 5.32. The number of hydrogen-bond acceptors (Lipinski definition) is 4. The first-order valence-electron chi connectivity index (χ1n) is 4.40. The molecule has 1 rings (SSSR count). The molecule has 0 unspecified atom stereocenters. The number of nitrogens with two attached hydrogens (primary N) is 1. The summed E-state index contributed by atoms with van der Waals surface area (Å²) >= 11 is 3.37. The van der Waals surface area contributed by atoms with Crippen molar-refractivity contribution in [2.24, 2.45) is 10.9 Å². The Kier molecular flexibility index (Phi) is 4.67. The highest BCUT2D eigenvalue weighted by Gasteiger charge is 2.08. The minimum absolute atomic E-state index is 0.188. The summed E-state index contributed by atoms with van der Waals surface area (Å²) in [6.45, 7) is 0.188. The first-order chi connectivity index (χ1) is 7.72. The van der Waals surface area contributed by atoms with E-state index in [1.807, 2.05) is 0 Å². The van der Waals surface area contributed by atoms with Gasteiger partial charge in [-0.1, -0.05) is 5.92 Å². The van der Waals surface area contributed by atoms with Crippen molar-refractivity contribution >= 4 is 22.1 Å². The topological polar surface area (TPSA) is 56.8 Å². The van der Waals surface area contributed by atoms with Gasteiger partial charge in [0, 0.05) is 10.0 Å². The number of ether oxygens (including phenoxy) is 2. The van der Waals surface area contributed by atoms with Crippen LogP contribution in [-0.4, -0.2) is 19.9 Å². The smallest absolute Gasteiger partial charge is 0.163 e. The molecule has 0 spiro atoms. The lowest BCUT2D eigenvalue weighted by molar-refractivity contribution is 0.330. The molecule has 0 aliphatic carbocycles. The molecule has 0 saturated heterocycles. The molecule has 2 N–H and O–H groups in total. The molecule has 1 aromatic carbocycles. The van der Waals surface area contributed by atoms with Gasteiger partial charge in [0.15, 0.2) is 11.5 Å². The van der Waals surface area contributed by atoms with Gasteiger partial charge >= 0.3 is 0 Å². The zero-order valence-electron chi connectivity index (χ0n) is 8.74. The van der Waals surface area contributed by atoms with E-state index in [1.54, 1.807) is 19.2 Å². The van der Waals surface area contributed by atoms with Crippen molar-refractivity contribution < 1.29 is 9.47 Å². The van der Waals surface area contributed by atoms with Gasteiger partial charge < -0.3 is 15.3 Å². The summed E-state index contributed by atoms with van der Waals surface area (Å²) in [5.74, 6) is 8.62. The van der Waals surface area contributed by atoms with Gasteiger partial charge in [-0.05, 0) is 28.1 Å². The molecule has 0 saturated carbocycles. The van der Waals surface area contributed by atoms with Crippen LogP contribution in [0, 0.1) is 12.3 Å². The minimum atomic E-state index is 0.188. The number of halogens is 1. The van der Waals surface area contributed by atoms with Crippen LogP contribution >= 0.6 is 15.9 Å². The highest BCUT2D eigenvalue weighted by Crippen LogP contribution is 2.32. The van der Waals surface area contributed by atoms with Crippen LogP contribution in [0.25, 0.3) is 0 Å². The van der Waals surface area contributed by atoms with E-state index in [2.05, 4.69) is 27.0 Å². The van der Waals surface area contributed by atoms with Crippen molar-refractivity contribution in [3.63, 3.8) is 0 Å².